The van der Waals surface area contributed by atoms with Crippen molar-refractivity contribution in [3.63, 3.8) is 0 Å². The summed E-state index contributed by atoms with van der Waals surface area (Å²) < 4.78 is 13.9. The molecule has 2 rings (SSSR count). The molecule has 5 heteroatoms. The second kappa shape index (κ2) is 7.23. The highest BCUT2D eigenvalue weighted by Crippen LogP contribution is 2.25. The highest BCUT2D eigenvalue weighted by molar-refractivity contribution is 6.31. The third-order valence-corrected chi connectivity index (χ3v) is 4.30. The van der Waals surface area contributed by atoms with Crippen LogP contribution in [0.2, 0.25) is 5.02 Å². The van der Waals surface area contributed by atoms with Crippen molar-refractivity contribution in [2.24, 2.45) is 5.73 Å². The molecule has 21 heavy (non-hydrogen) atoms. The van der Waals surface area contributed by atoms with E-state index in [0.29, 0.717) is 11.6 Å². The Morgan fingerprint density at radius 2 is 2.05 bits per heavy atom. The Morgan fingerprint density at radius 3 is 2.67 bits per heavy atom. The van der Waals surface area contributed by atoms with E-state index in [1.165, 1.54) is 18.2 Å². The molecule has 0 aliphatic heterocycles. The molecular weight excluding hydrogens is 291 g/mol. The van der Waals surface area contributed by atoms with E-state index in [-0.39, 0.29) is 23.6 Å². The van der Waals surface area contributed by atoms with Crippen LogP contribution in [0.3, 0.4) is 0 Å². The zero-order valence-corrected chi connectivity index (χ0v) is 13.1. The minimum Gasteiger partial charge on any atom is -0.336 e. The molecule has 1 aliphatic carbocycles. The Hall–Kier alpha value is -1.13. The van der Waals surface area contributed by atoms with Gasteiger partial charge in [0, 0.05) is 23.7 Å². The fraction of sp³-hybridized carbons (Fsp3) is 0.562. The van der Waals surface area contributed by atoms with E-state index in [4.69, 9.17) is 17.3 Å². The molecule has 0 bridgehead atoms. The number of rotatable bonds is 4. The van der Waals surface area contributed by atoms with Crippen molar-refractivity contribution in [2.45, 2.75) is 51.1 Å². The summed E-state index contributed by atoms with van der Waals surface area (Å²) in [6.07, 6.45) is 4.44. The van der Waals surface area contributed by atoms with Gasteiger partial charge >= 0.3 is 0 Å². The molecule has 116 valence electrons. The van der Waals surface area contributed by atoms with E-state index in [2.05, 4.69) is 0 Å². The first-order valence-electron chi connectivity index (χ1n) is 7.54. The van der Waals surface area contributed by atoms with Gasteiger partial charge in [-0.1, -0.05) is 18.5 Å². The summed E-state index contributed by atoms with van der Waals surface area (Å²) in [7, 11) is 0. The topological polar surface area (TPSA) is 46.3 Å². The number of nitrogens with two attached hydrogens (primary N) is 1. The number of nitrogens with zero attached hydrogens (tertiary/aromatic N) is 1. The summed E-state index contributed by atoms with van der Waals surface area (Å²) in [5.41, 5.74) is 5.98. The van der Waals surface area contributed by atoms with E-state index in [1.54, 1.807) is 4.90 Å². The molecule has 1 amide bonds. The zero-order valence-electron chi connectivity index (χ0n) is 12.3. The average molecular weight is 313 g/mol. The van der Waals surface area contributed by atoms with Crippen molar-refractivity contribution < 1.29 is 9.18 Å². The van der Waals surface area contributed by atoms with Gasteiger partial charge < -0.3 is 10.6 Å². The van der Waals surface area contributed by atoms with Crippen LogP contribution in [0.1, 0.15) is 49.4 Å². The van der Waals surface area contributed by atoms with Crippen LogP contribution in [0.15, 0.2) is 18.2 Å². The first-order chi connectivity index (χ1) is 10.0. The van der Waals surface area contributed by atoms with Crippen LogP contribution in [-0.4, -0.2) is 29.4 Å². The van der Waals surface area contributed by atoms with Gasteiger partial charge in [0.05, 0.1) is 5.56 Å². The van der Waals surface area contributed by atoms with Crippen LogP contribution in [0.4, 0.5) is 4.39 Å². The highest BCUT2D eigenvalue weighted by Gasteiger charge is 2.29. The van der Waals surface area contributed by atoms with Crippen LogP contribution in [0.5, 0.6) is 0 Å². The molecule has 0 spiro atoms. The van der Waals surface area contributed by atoms with Gasteiger partial charge in [0.2, 0.25) is 0 Å². The van der Waals surface area contributed by atoms with Gasteiger partial charge in [-0.15, -0.1) is 0 Å². The number of benzene rings is 1. The number of carbonyl (C=O) groups excluding carboxylic acids is 1. The molecule has 1 aliphatic rings. The van der Waals surface area contributed by atoms with Gasteiger partial charge in [-0.2, -0.15) is 0 Å². The molecule has 0 unspecified atom stereocenters. The maximum absolute atomic E-state index is 13.9. The molecule has 0 radical (unpaired) electrons. The predicted octanol–water partition coefficient (Wildman–Crippen LogP) is 3.60. The smallest absolute Gasteiger partial charge is 0.257 e. The van der Waals surface area contributed by atoms with E-state index in [1.807, 2.05) is 6.92 Å². The number of carbonyl (C=O) groups is 1. The number of halogens is 2. The van der Waals surface area contributed by atoms with Crippen molar-refractivity contribution in [3.05, 3.63) is 34.6 Å². The van der Waals surface area contributed by atoms with Crippen LogP contribution in [-0.2, 0) is 0 Å². The third kappa shape index (κ3) is 3.95. The second-order valence-electron chi connectivity index (χ2n) is 5.69. The molecular formula is C16H22ClFN2O. The van der Waals surface area contributed by atoms with Crippen molar-refractivity contribution in [2.75, 3.05) is 6.54 Å². The van der Waals surface area contributed by atoms with Crippen LogP contribution >= 0.6 is 11.6 Å². The SMILES string of the molecule is CCCN(C(=O)c1cc(Cl)ccc1F)C1CCC(N)CC1. The lowest BCUT2D eigenvalue weighted by atomic mass is 9.90. The van der Waals surface area contributed by atoms with Crippen molar-refractivity contribution in [3.8, 4) is 0 Å². The molecule has 1 fully saturated rings. The Morgan fingerprint density at radius 1 is 1.38 bits per heavy atom. The van der Waals surface area contributed by atoms with Crippen LogP contribution < -0.4 is 5.73 Å². The lowest BCUT2D eigenvalue weighted by Gasteiger charge is -2.36. The molecule has 0 atom stereocenters. The van der Waals surface area contributed by atoms with Gasteiger partial charge in [0.15, 0.2) is 0 Å². The van der Waals surface area contributed by atoms with Gasteiger partial charge in [-0.25, -0.2) is 4.39 Å². The van der Waals surface area contributed by atoms with Crippen molar-refractivity contribution in [1.82, 2.24) is 4.90 Å². The van der Waals surface area contributed by atoms with E-state index in [9.17, 15) is 9.18 Å². The molecule has 0 heterocycles. The number of hydrogen-bond donors (Lipinski definition) is 1. The van der Waals surface area contributed by atoms with Crippen LogP contribution in [0.25, 0.3) is 0 Å². The van der Waals surface area contributed by atoms with E-state index in [0.717, 1.165) is 32.1 Å². The zero-order chi connectivity index (χ0) is 15.4. The standard InChI is InChI=1S/C16H22ClFN2O/c1-2-9-20(13-6-4-12(19)5-7-13)16(21)14-10-11(17)3-8-15(14)18/h3,8,10,12-13H,2,4-7,9,19H2,1H3. The average Bonchev–Trinajstić information content (AvgIpc) is 2.48. The quantitative estimate of drug-likeness (QED) is 0.923. The lowest BCUT2D eigenvalue weighted by Crippen LogP contribution is -2.44. The highest BCUT2D eigenvalue weighted by atomic mass is 35.5. The Labute approximate surface area is 130 Å². The summed E-state index contributed by atoms with van der Waals surface area (Å²) in [4.78, 5) is 14.5. The first-order valence-corrected chi connectivity index (χ1v) is 7.92. The molecule has 1 saturated carbocycles. The molecule has 1 aromatic carbocycles. The molecule has 0 saturated heterocycles. The Kier molecular flexibility index (Phi) is 5.59. The minimum atomic E-state index is -0.516. The second-order valence-corrected chi connectivity index (χ2v) is 6.13. The van der Waals surface area contributed by atoms with Gasteiger partial charge in [-0.05, 0) is 50.3 Å². The Bertz CT molecular complexity index is 501. The molecule has 3 nitrogen and oxygen atoms in total. The van der Waals surface area contributed by atoms with Crippen molar-refractivity contribution in [1.29, 1.82) is 0 Å². The Balaban J connectivity index is 2.20. The van der Waals surface area contributed by atoms with Gasteiger partial charge in [0.25, 0.3) is 5.91 Å². The van der Waals surface area contributed by atoms with E-state index < -0.39 is 5.82 Å². The number of amides is 1. The summed E-state index contributed by atoms with van der Waals surface area (Å²) in [5, 5.41) is 0.377. The van der Waals surface area contributed by atoms with Gasteiger partial charge in [0.1, 0.15) is 5.82 Å². The minimum absolute atomic E-state index is 0.0609. The first kappa shape index (κ1) is 16.2. The normalized spacial score (nSPS) is 22.1. The van der Waals surface area contributed by atoms with Crippen molar-refractivity contribution >= 4 is 17.5 Å². The summed E-state index contributed by atoms with van der Waals surface area (Å²) in [6.45, 7) is 2.65. The summed E-state index contributed by atoms with van der Waals surface area (Å²) in [5.74, 6) is -0.782. The largest absolute Gasteiger partial charge is 0.336 e. The fourth-order valence-corrected chi connectivity index (χ4v) is 3.09. The third-order valence-electron chi connectivity index (χ3n) is 4.07. The van der Waals surface area contributed by atoms with E-state index >= 15 is 0 Å². The maximum Gasteiger partial charge on any atom is 0.257 e. The van der Waals surface area contributed by atoms with Crippen LogP contribution in [0, 0.1) is 5.82 Å². The summed E-state index contributed by atoms with van der Waals surface area (Å²) >= 11 is 5.89. The predicted molar refractivity (Wildman–Crippen MR) is 83.0 cm³/mol. The molecule has 2 N–H and O–H groups in total. The molecule has 1 aromatic rings. The van der Waals surface area contributed by atoms with Gasteiger partial charge in [-0.3, -0.25) is 4.79 Å². The number of hydrogen-bond acceptors (Lipinski definition) is 2. The maximum atomic E-state index is 13.9. The monoisotopic (exact) mass is 312 g/mol. The lowest BCUT2D eigenvalue weighted by molar-refractivity contribution is 0.0622. The molecule has 0 aromatic heterocycles. The fourth-order valence-electron chi connectivity index (χ4n) is 2.92. The summed E-state index contributed by atoms with van der Waals surface area (Å²) in [6, 6.07) is 4.49.